The van der Waals surface area contributed by atoms with E-state index in [-0.39, 0.29) is 36.3 Å². The lowest BCUT2D eigenvalue weighted by Gasteiger charge is -2.39. The maximum atomic E-state index is 13.4. The van der Waals surface area contributed by atoms with Crippen LogP contribution in [0.1, 0.15) is 39.5 Å². The zero-order valence-electron chi connectivity index (χ0n) is 18.8. The summed E-state index contributed by atoms with van der Waals surface area (Å²) in [5, 5.41) is 13.4. The van der Waals surface area contributed by atoms with E-state index in [4.69, 9.17) is 4.74 Å². The maximum Gasteiger partial charge on any atom is 0.254 e. The Kier molecular flexibility index (Phi) is 5.95. The number of benzene rings is 3. The van der Waals surface area contributed by atoms with E-state index in [2.05, 4.69) is 17.2 Å². The molecule has 1 amide bonds. The van der Waals surface area contributed by atoms with Gasteiger partial charge in [-0.3, -0.25) is 4.79 Å². The second-order valence-corrected chi connectivity index (χ2v) is 8.59. The first-order valence-electron chi connectivity index (χ1n) is 11.3. The number of methoxy groups -OCH3 is 1. The number of hydrogen-bond donors (Lipinski definition) is 2. The minimum absolute atomic E-state index is 0.0193. The molecule has 2 N–H and O–H groups in total. The third kappa shape index (κ3) is 4.00. The molecule has 0 radical (unpaired) electrons. The van der Waals surface area contributed by atoms with Gasteiger partial charge in [-0.1, -0.05) is 24.0 Å². The molecule has 3 aromatic rings. The number of carbonyl (C=O) groups excluding carboxylic acids is 1. The lowest BCUT2D eigenvalue weighted by molar-refractivity contribution is 0.0701. The van der Waals surface area contributed by atoms with Crippen LogP contribution in [0.2, 0.25) is 0 Å². The number of nitrogens with one attached hydrogen (secondary N) is 1. The van der Waals surface area contributed by atoms with E-state index in [1.807, 2.05) is 47.4 Å². The fourth-order valence-corrected chi connectivity index (χ4v) is 5.01. The summed E-state index contributed by atoms with van der Waals surface area (Å²) in [6.45, 7) is 0.550. The monoisotopic (exact) mass is 456 g/mol. The molecule has 3 aromatic carbocycles. The van der Waals surface area contributed by atoms with E-state index < -0.39 is 0 Å². The minimum Gasteiger partial charge on any atom is -0.495 e. The SMILES string of the molecule is COc1ccccc1C#Cc1ccc2c(c1)[C@@H]1[C@@H](CCN1C(=O)c1ccc(F)cc1)[C@@H](CO)N2. The first kappa shape index (κ1) is 22.0. The van der Waals surface area contributed by atoms with Gasteiger partial charge in [-0.25, -0.2) is 4.39 Å². The smallest absolute Gasteiger partial charge is 0.254 e. The van der Waals surface area contributed by atoms with E-state index in [0.29, 0.717) is 17.9 Å². The molecular formula is C28H25FN2O3. The van der Waals surface area contributed by atoms with Crippen LogP contribution in [-0.4, -0.2) is 42.2 Å². The van der Waals surface area contributed by atoms with E-state index in [9.17, 15) is 14.3 Å². The van der Waals surface area contributed by atoms with Crippen molar-refractivity contribution >= 4 is 11.6 Å². The molecule has 0 unspecified atom stereocenters. The molecule has 2 aliphatic heterocycles. The molecule has 172 valence electrons. The number of aliphatic hydroxyl groups excluding tert-OH is 1. The summed E-state index contributed by atoms with van der Waals surface area (Å²) in [5.41, 5.74) is 3.95. The van der Waals surface area contributed by atoms with Gasteiger partial charge < -0.3 is 20.1 Å². The molecule has 0 spiro atoms. The number of carbonyl (C=O) groups is 1. The molecule has 3 atom stereocenters. The number of para-hydroxylation sites is 1. The third-order valence-corrected chi connectivity index (χ3v) is 6.67. The Labute approximate surface area is 198 Å². The van der Waals surface area contributed by atoms with Gasteiger partial charge >= 0.3 is 0 Å². The van der Waals surface area contributed by atoms with E-state index in [1.165, 1.54) is 24.3 Å². The van der Waals surface area contributed by atoms with E-state index in [1.54, 1.807) is 7.11 Å². The zero-order valence-corrected chi connectivity index (χ0v) is 18.8. The summed E-state index contributed by atoms with van der Waals surface area (Å²) in [5.74, 6) is 6.68. The lowest BCUT2D eigenvalue weighted by Crippen LogP contribution is -2.42. The van der Waals surface area contributed by atoms with Gasteiger partial charge in [0.05, 0.1) is 31.4 Å². The van der Waals surface area contributed by atoms with Crippen molar-refractivity contribution in [1.29, 1.82) is 0 Å². The Bertz CT molecular complexity index is 1280. The van der Waals surface area contributed by atoms with Crippen LogP contribution in [-0.2, 0) is 0 Å². The number of halogens is 1. The summed E-state index contributed by atoms with van der Waals surface area (Å²) < 4.78 is 18.8. The van der Waals surface area contributed by atoms with Crippen molar-refractivity contribution in [1.82, 2.24) is 4.90 Å². The Morgan fingerprint density at radius 3 is 2.71 bits per heavy atom. The molecule has 0 bridgehead atoms. The number of aliphatic hydroxyl groups is 1. The molecule has 0 aromatic heterocycles. The van der Waals surface area contributed by atoms with Crippen LogP contribution in [0, 0.1) is 23.6 Å². The number of anilines is 1. The number of amides is 1. The van der Waals surface area contributed by atoms with Crippen LogP contribution in [0.5, 0.6) is 5.75 Å². The molecule has 0 aliphatic carbocycles. The van der Waals surface area contributed by atoms with Crippen molar-refractivity contribution in [2.75, 3.05) is 25.6 Å². The Balaban J connectivity index is 1.52. The largest absolute Gasteiger partial charge is 0.495 e. The van der Waals surface area contributed by atoms with Crippen molar-refractivity contribution in [2.45, 2.75) is 18.5 Å². The highest BCUT2D eigenvalue weighted by atomic mass is 19.1. The fourth-order valence-electron chi connectivity index (χ4n) is 5.01. The highest BCUT2D eigenvalue weighted by Crippen LogP contribution is 2.47. The van der Waals surface area contributed by atoms with E-state index in [0.717, 1.165) is 28.8 Å². The summed E-state index contributed by atoms with van der Waals surface area (Å²) in [6, 6.07) is 18.8. The van der Waals surface area contributed by atoms with Crippen LogP contribution in [0.25, 0.3) is 0 Å². The molecule has 6 heteroatoms. The summed E-state index contributed by atoms with van der Waals surface area (Å²) in [6.07, 6.45) is 0.770. The first-order valence-corrected chi connectivity index (χ1v) is 11.3. The number of fused-ring (bicyclic) bond motifs is 3. The minimum atomic E-state index is -0.373. The fraction of sp³-hybridized carbons (Fsp3) is 0.250. The van der Waals surface area contributed by atoms with E-state index >= 15 is 0 Å². The Morgan fingerprint density at radius 2 is 1.94 bits per heavy atom. The highest BCUT2D eigenvalue weighted by molar-refractivity contribution is 5.95. The Morgan fingerprint density at radius 1 is 1.15 bits per heavy atom. The highest BCUT2D eigenvalue weighted by Gasteiger charge is 2.45. The summed E-state index contributed by atoms with van der Waals surface area (Å²) >= 11 is 0. The molecule has 2 aliphatic rings. The topological polar surface area (TPSA) is 61.8 Å². The molecule has 0 saturated carbocycles. The maximum absolute atomic E-state index is 13.4. The van der Waals surface area contributed by atoms with Gasteiger partial charge in [-0.05, 0) is 66.6 Å². The van der Waals surface area contributed by atoms with Crippen LogP contribution in [0.3, 0.4) is 0 Å². The van der Waals surface area contributed by atoms with Crippen LogP contribution >= 0.6 is 0 Å². The molecule has 2 heterocycles. The number of hydrogen-bond acceptors (Lipinski definition) is 4. The normalized spacial score (nSPS) is 20.4. The molecule has 5 rings (SSSR count). The van der Waals surface area contributed by atoms with Gasteiger partial charge in [0, 0.05) is 29.3 Å². The molecule has 5 nitrogen and oxygen atoms in total. The lowest BCUT2D eigenvalue weighted by atomic mass is 9.82. The predicted molar refractivity (Wildman–Crippen MR) is 128 cm³/mol. The standard InChI is InChI=1S/C28H25FN2O3/c1-34-26-5-3-2-4-19(26)8-6-18-7-13-24-23(16-18)27-22(25(17-32)30-24)14-15-31(27)28(33)20-9-11-21(29)12-10-20/h2-5,7,9-13,16,22,25,27,30,32H,14-15,17H2,1H3/t22-,25+,27-/m0/s1. The number of nitrogens with zero attached hydrogens (tertiary/aromatic N) is 1. The van der Waals surface area contributed by atoms with Gasteiger partial charge in [-0.15, -0.1) is 0 Å². The van der Waals surface area contributed by atoms with Crippen molar-refractivity contribution in [3.8, 4) is 17.6 Å². The quantitative estimate of drug-likeness (QED) is 0.580. The molecular weight excluding hydrogens is 431 g/mol. The van der Waals surface area contributed by atoms with Crippen molar-refractivity contribution < 1.29 is 19.0 Å². The van der Waals surface area contributed by atoms with Gasteiger partial charge in [0.2, 0.25) is 0 Å². The van der Waals surface area contributed by atoms with Gasteiger partial charge in [0.1, 0.15) is 11.6 Å². The number of rotatable bonds is 3. The summed E-state index contributed by atoms with van der Waals surface area (Å²) in [7, 11) is 1.62. The van der Waals surface area contributed by atoms with Crippen LogP contribution < -0.4 is 10.1 Å². The average molecular weight is 457 g/mol. The molecule has 34 heavy (non-hydrogen) atoms. The molecule has 1 fully saturated rings. The second-order valence-electron chi connectivity index (χ2n) is 8.59. The van der Waals surface area contributed by atoms with Crippen LogP contribution in [0.15, 0.2) is 66.7 Å². The average Bonchev–Trinajstić information content (AvgIpc) is 3.33. The van der Waals surface area contributed by atoms with Crippen molar-refractivity contribution in [2.24, 2.45) is 5.92 Å². The zero-order chi connectivity index (χ0) is 23.7. The van der Waals surface area contributed by atoms with Gasteiger partial charge in [0.25, 0.3) is 5.91 Å². The number of likely N-dealkylation sites (tertiary alicyclic amines) is 1. The van der Waals surface area contributed by atoms with Crippen molar-refractivity contribution in [3.05, 3.63) is 94.8 Å². The van der Waals surface area contributed by atoms with Gasteiger partial charge in [0.15, 0.2) is 0 Å². The van der Waals surface area contributed by atoms with Crippen LogP contribution in [0.4, 0.5) is 10.1 Å². The second kappa shape index (κ2) is 9.20. The molecule has 1 saturated heterocycles. The first-order chi connectivity index (χ1) is 16.6. The van der Waals surface area contributed by atoms with Crippen molar-refractivity contribution in [3.63, 3.8) is 0 Å². The van der Waals surface area contributed by atoms with Gasteiger partial charge in [-0.2, -0.15) is 0 Å². The predicted octanol–water partition coefficient (Wildman–Crippen LogP) is 4.22. The number of ether oxygens (including phenoxy) is 1. The summed E-state index contributed by atoms with van der Waals surface area (Å²) in [4.78, 5) is 15.2. The third-order valence-electron chi connectivity index (χ3n) is 6.67. The Hall–Kier alpha value is -3.82.